The maximum atomic E-state index is 14.6. The van der Waals surface area contributed by atoms with Crippen molar-refractivity contribution in [2.24, 2.45) is 0 Å². The van der Waals surface area contributed by atoms with E-state index in [1.165, 1.54) is 6.07 Å². The maximum absolute atomic E-state index is 14.6. The second-order valence-electron chi connectivity index (χ2n) is 6.55. The van der Waals surface area contributed by atoms with Crippen LogP contribution in [0.25, 0.3) is 11.1 Å². The largest absolute Gasteiger partial charge is 0.459 e. The van der Waals surface area contributed by atoms with Crippen LogP contribution < -0.4 is 0 Å². The highest BCUT2D eigenvalue weighted by molar-refractivity contribution is 5.78. The molecule has 0 N–H and O–H groups in total. The monoisotopic (exact) mass is 410 g/mol. The Kier molecular flexibility index (Phi) is 6.69. The fourth-order valence-corrected chi connectivity index (χ4v) is 2.87. The van der Waals surface area contributed by atoms with E-state index in [0.29, 0.717) is 22.5 Å². The first-order chi connectivity index (χ1) is 14.4. The Bertz CT molecular complexity index is 1040. The summed E-state index contributed by atoms with van der Waals surface area (Å²) in [5.41, 5.74) is 2.47. The van der Waals surface area contributed by atoms with Crippen LogP contribution in [0.15, 0.2) is 66.7 Å². The van der Waals surface area contributed by atoms with Gasteiger partial charge in [-0.15, -0.1) is 10.1 Å². The quantitative estimate of drug-likeness (QED) is 0.310. The highest BCUT2D eigenvalue weighted by Crippen LogP contribution is 2.26. The molecule has 0 spiro atoms. The molecule has 3 rings (SSSR count). The van der Waals surface area contributed by atoms with E-state index in [9.17, 15) is 19.3 Å². The number of nitrogens with zero attached hydrogens (tertiary/aromatic N) is 2. The Balaban J connectivity index is 1.63. The lowest BCUT2D eigenvalue weighted by atomic mass is 9.97. The summed E-state index contributed by atoms with van der Waals surface area (Å²) in [6.45, 7) is 1.23. The van der Waals surface area contributed by atoms with E-state index < -0.39 is 22.8 Å². The third-order valence-corrected chi connectivity index (χ3v) is 4.48. The minimum Gasteiger partial charge on any atom is -0.459 e. The van der Waals surface area contributed by atoms with Gasteiger partial charge in [-0.25, -0.2) is 4.39 Å². The van der Waals surface area contributed by atoms with E-state index in [1.807, 2.05) is 30.3 Å². The molecule has 0 aliphatic heterocycles. The summed E-state index contributed by atoms with van der Waals surface area (Å²) in [7, 11) is 0. The average molecular weight is 410 g/mol. The number of esters is 1. The lowest BCUT2D eigenvalue weighted by Gasteiger charge is -2.13. The van der Waals surface area contributed by atoms with Gasteiger partial charge in [0.2, 0.25) is 0 Å². The molecule has 154 valence electrons. The predicted molar refractivity (Wildman–Crippen MR) is 106 cm³/mol. The number of carbonyl (C=O) groups is 1. The van der Waals surface area contributed by atoms with Gasteiger partial charge in [0.15, 0.2) is 0 Å². The molecule has 1 aromatic heterocycles. The van der Waals surface area contributed by atoms with Crippen LogP contribution in [-0.4, -0.2) is 16.0 Å². The van der Waals surface area contributed by atoms with Crippen molar-refractivity contribution < 1.29 is 23.8 Å². The zero-order valence-electron chi connectivity index (χ0n) is 16.2. The molecule has 1 atom stereocenters. The van der Waals surface area contributed by atoms with Crippen molar-refractivity contribution in [1.82, 2.24) is 4.98 Å². The van der Waals surface area contributed by atoms with Gasteiger partial charge in [-0.05, 0) is 36.2 Å². The van der Waals surface area contributed by atoms with Crippen LogP contribution in [0, 0.1) is 15.9 Å². The minimum atomic E-state index is -0.905. The number of pyridine rings is 1. The van der Waals surface area contributed by atoms with Crippen LogP contribution in [0.4, 0.5) is 4.39 Å². The maximum Gasteiger partial charge on any atom is 0.313 e. The third-order valence-electron chi connectivity index (χ3n) is 4.48. The summed E-state index contributed by atoms with van der Waals surface area (Å²) < 4.78 is 19.8. The van der Waals surface area contributed by atoms with E-state index in [4.69, 9.17) is 4.74 Å². The average Bonchev–Trinajstić information content (AvgIpc) is 2.76. The van der Waals surface area contributed by atoms with Crippen LogP contribution in [0.2, 0.25) is 0 Å². The first kappa shape index (κ1) is 20.9. The molecule has 30 heavy (non-hydrogen) atoms. The topological polar surface area (TPSA) is 91.6 Å². The lowest BCUT2D eigenvalue weighted by Crippen LogP contribution is -2.14. The fourth-order valence-electron chi connectivity index (χ4n) is 2.87. The van der Waals surface area contributed by atoms with Crippen molar-refractivity contribution in [3.8, 4) is 11.1 Å². The molecule has 0 aliphatic rings. The lowest BCUT2D eigenvalue weighted by molar-refractivity contribution is -0.763. The number of carbonyl (C=O) groups excluding carboxylic acids is 1. The molecule has 0 saturated carbocycles. The summed E-state index contributed by atoms with van der Waals surface area (Å²) in [6, 6.07) is 18.6. The highest BCUT2D eigenvalue weighted by atomic mass is 19.1. The van der Waals surface area contributed by atoms with Gasteiger partial charge in [0.1, 0.15) is 19.0 Å². The SMILES string of the molecule is CC(C(=O)OCc1cccc(CO[N+](=O)[O-])n1)c1ccc(-c2ccccc2)c(F)c1. The molecule has 0 aliphatic carbocycles. The third kappa shape index (κ3) is 5.38. The van der Waals surface area contributed by atoms with Crippen molar-refractivity contribution in [2.75, 3.05) is 0 Å². The number of halogens is 1. The van der Waals surface area contributed by atoms with Gasteiger partial charge in [0.05, 0.1) is 17.3 Å². The van der Waals surface area contributed by atoms with Crippen molar-refractivity contribution in [1.29, 1.82) is 0 Å². The van der Waals surface area contributed by atoms with Gasteiger partial charge in [0, 0.05) is 5.56 Å². The molecule has 0 radical (unpaired) electrons. The number of hydrogen-bond acceptors (Lipinski definition) is 6. The Hall–Kier alpha value is -3.81. The standard InChI is InChI=1S/C22H19FN2O5/c1-15(17-10-11-20(21(23)12-17)16-6-3-2-4-7-16)22(26)29-13-18-8-5-9-19(24-18)14-30-25(27)28/h2-12,15H,13-14H2,1H3. The summed E-state index contributed by atoms with van der Waals surface area (Å²) in [6.07, 6.45) is 0. The second-order valence-corrected chi connectivity index (χ2v) is 6.55. The van der Waals surface area contributed by atoms with Gasteiger partial charge < -0.3 is 9.57 Å². The first-order valence-corrected chi connectivity index (χ1v) is 9.17. The summed E-state index contributed by atoms with van der Waals surface area (Å²) >= 11 is 0. The molecule has 0 fully saturated rings. The Morgan fingerprint density at radius 1 is 1.07 bits per heavy atom. The van der Waals surface area contributed by atoms with Crippen LogP contribution in [0.1, 0.15) is 29.8 Å². The molecular weight excluding hydrogens is 391 g/mol. The smallest absolute Gasteiger partial charge is 0.313 e. The molecule has 0 bridgehead atoms. The molecule has 0 saturated heterocycles. The van der Waals surface area contributed by atoms with Gasteiger partial charge in [-0.1, -0.05) is 48.5 Å². The van der Waals surface area contributed by atoms with Crippen molar-refractivity contribution in [3.63, 3.8) is 0 Å². The molecule has 2 aromatic carbocycles. The van der Waals surface area contributed by atoms with Crippen LogP contribution in [-0.2, 0) is 27.6 Å². The Labute approximate surface area is 172 Å². The zero-order valence-corrected chi connectivity index (χ0v) is 16.2. The van der Waals surface area contributed by atoms with Gasteiger partial charge in [-0.2, -0.15) is 0 Å². The van der Waals surface area contributed by atoms with Gasteiger partial charge >= 0.3 is 5.97 Å². The van der Waals surface area contributed by atoms with E-state index in [0.717, 1.165) is 5.56 Å². The normalized spacial score (nSPS) is 11.5. The van der Waals surface area contributed by atoms with Crippen molar-refractivity contribution >= 4 is 5.97 Å². The number of hydrogen-bond donors (Lipinski definition) is 0. The predicted octanol–water partition coefficient (Wildman–Crippen LogP) is 4.44. The number of benzene rings is 2. The Morgan fingerprint density at radius 2 is 1.77 bits per heavy atom. The number of aromatic nitrogens is 1. The molecular formula is C22H19FN2O5. The minimum absolute atomic E-state index is 0.111. The first-order valence-electron chi connectivity index (χ1n) is 9.17. The zero-order chi connectivity index (χ0) is 21.5. The van der Waals surface area contributed by atoms with E-state index >= 15 is 0 Å². The van der Waals surface area contributed by atoms with E-state index in [2.05, 4.69) is 9.82 Å². The van der Waals surface area contributed by atoms with Gasteiger partial charge in [-0.3, -0.25) is 9.78 Å². The summed E-state index contributed by atoms with van der Waals surface area (Å²) in [4.78, 5) is 31.1. The van der Waals surface area contributed by atoms with E-state index in [-0.39, 0.29) is 13.2 Å². The number of rotatable bonds is 8. The highest BCUT2D eigenvalue weighted by Gasteiger charge is 2.19. The Morgan fingerprint density at radius 3 is 2.43 bits per heavy atom. The molecule has 0 amide bonds. The van der Waals surface area contributed by atoms with Crippen molar-refractivity contribution in [3.05, 3.63) is 99.6 Å². The number of ether oxygens (including phenoxy) is 1. The molecule has 7 nitrogen and oxygen atoms in total. The van der Waals surface area contributed by atoms with Crippen LogP contribution in [0.3, 0.4) is 0 Å². The fraction of sp³-hybridized carbons (Fsp3) is 0.182. The molecule has 3 aromatic rings. The summed E-state index contributed by atoms with van der Waals surface area (Å²) in [5.74, 6) is -1.63. The second kappa shape index (κ2) is 9.60. The van der Waals surface area contributed by atoms with Crippen molar-refractivity contribution in [2.45, 2.75) is 26.1 Å². The molecule has 1 heterocycles. The molecule has 8 heteroatoms. The van der Waals surface area contributed by atoms with Gasteiger partial charge in [0.25, 0.3) is 5.09 Å². The summed E-state index contributed by atoms with van der Waals surface area (Å²) in [5, 5.41) is 9.36. The van der Waals surface area contributed by atoms with Crippen LogP contribution in [0.5, 0.6) is 0 Å². The molecule has 1 unspecified atom stereocenters. The van der Waals surface area contributed by atoms with E-state index in [1.54, 1.807) is 37.3 Å². The van der Waals surface area contributed by atoms with Crippen LogP contribution >= 0.6 is 0 Å².